The van der Waals surface area contributed by atoms with E-state index in [1.165, 1.54) is 0 Å². The van der Waals surface area contributed by atoms with Crippen LogP contribution in [0.25, 0.3) is 10.9 Å². The summed E-state index contributed by atoms with van der Waals surface area (Å²) >= 11 is 0. The smallest absolute Gasteiger partial charge is 0.0734 e. The van der Waals surface area contributed by atoms with Crippen molar-refractivity contribution < 1.29 is 5.11 Å². The van der Waals surface area contributed by atoms with Crippen molar-refractivity contribution in [3.8, 4) is 0 Å². The van der Waals surface area contributed by atoms with E-state index in [2.05, 4.69) is 15.3 Å². The highest BCUT2D eigenvalue weighted by Crippen LogP contribution is 2.20. The summed E-state index contributed by atoms with van der Waals surface area (Å²) in [5, 5.41) is 13.2. The van der Waals surface area contributed by atoms with Crippen molar-refractivity contribution in [3.63, 3.8) is 0 Å². The molecule has 74 valence electrons. The number of nitrogens with one attached hydrogen (secondary N) is 2. The SMILES string of the molecule is CN[C@H](CO)c1nccc2[nH]ccc12. The normalized spacial score (nSPS) is 13.3. The molecule has 2 aromatic rings. The van der Waals surface area contributed by atoms with Gasteiger partial charge in [0.1, 0.15) is 0 Å². The maximum absolute atomic E-state index is 9.16. The summed E-state index contributed by atoms with van der Waals surface area (Å²) in [7, 11) is 1.81. The second-order valence-corrected chi connectivity index (χ2v) is 3.16. The average Bonchev–Trinajstić information content (AvgIpc) is 2.68. The van der Waals surface area contributed by atoms with Crippen molar-refractivity contribution in [1.29, 1.82) is 0 Å². The lowest BCUT2D eigenvalue weighted by molar-refractivity contribution is 0.249. The third-order valence-corrected chi connectivity index (χ3v) is 2.37. The minimum atomic E-state index is -0.102. The molecule has 0 saturated carbocycles. The number of nitrogens with zero attached hydrogens (tertiary/aromatic N) is 1. The molecule has 0 aliphatic rings. The molecule has 0 aliphatic carbocycles. The molecule has 3 N–H and O–H groups in total. The Morgan fingerprint density at radius 1 is 1.57 bits per heavy atom. The Labute approximate surface area is 82.0 Å². The van der Waals surface area contributed by atoms with E-state index < -0.39 is 0 Å². The highest BCUT2D eigenvalue weighted by Gasteiger charge is 2.12. The van der Waals surface area contributed by atoms with Crippen LogP contribution >= 0.6 is 0 Å². The van der Waals surface area contributed by atoms with E-state index >= 15 is 0 Å². The summed E-state index contributed by atoms with van der Waals surface area (Å²) in [4.78, 5) is 7.39. The summed E-state index contributed by atoms with van der Waals surface area (Å²) in [6.07, 6.45) is 3.62. The van der Waals surface area contributed by atoms with Gasteiger partial charge in [0, 0.05) is 23.3 Å². The maximum atomic E-state index is 9.16. The van der Waals surface area contributed by atoms with Crippen LogP contribution in [0.5, 0.6) is 0 Å². The Morgan fingerprint density at radius 3 is 3.14 bits per heavy atom. The van der Waals surface area contributed by atoms with Gasteiger partial charge in [0.25, 0.3) is 0 Å². The monoisotopic (exact) mass is 191 g/mol. The van der Waals surface area contributed by atoms with Crippen molar-refractivity contribution in [2.45, 2.75) is 6.04 Å². The highest BCUT2D eigenvalue weighted by molar-refractivity contribution is 5.81. The molecule has 0 fully saturated rings. The van der Waals surface area contributed by atoms with Gasteiger partial charge in [0.15, 0.2) is 0 Å². The van der Waals surface area contributed by atoms with Crippen LogP contribution in [0.4, 0.5) is 0 Å². The quantitative estimate of drug-likeness (QED) is 0.673. The number of aromatic amines is 1. The molecule has 0 unspecified atom stereocenters. The molecule has 0 spiro atoms. The molecule has 4 nitrogen and oxygen atoms in total. The first-order valence-corrected chi connectivity index (χ1v) is 4.57. The highest BCUT2D eigenvalue weighted by atomic mass is 16.3. The van der Waals surface area contributed by atoms with Crippen LogP contribution in [0, 0.1) is 0 Å². The molecule has 2 rings (SSSR count). The lowest BCUT2D eigenvalue weighted by atomic mass is 10.1. The molecule has 2 aromatic heterocycles. The van der Waals surface area contributed by atoms with E-state index in [9.17, 15) is 0 Å². The predicted octanol–water partition coefficient (Wildman–Crippen LogP) is 0.816. The number of pyridine rings is 1. The van der Waals surface area contributed by atoms with Crippen LogP contribution < -0.4 is 5.32 Å². The van der Waals surface area contributed by atoms with Crippen molar-refractivity contribution in [3.05, 3.63) is 30.2 Å². The molecular formula is C10H13N3O. The minimum Gasteiger partial charge on any atom is -0.394 e. The maximum Gasteiger partial charge on any atom is 0.0734 e. The molecule has 0 aromatic carbocycles. The first-order valence-electron chi connectivity index (χ1n) is 4.57. The molecule has 0 radical (unpaired) electrons. The van der Waals surface area contributed by atoms with Crippen LogP contribution in [-0.2, 0) is 0 Å². The second kappa shape index (κ2) is 3.77. The molecule has 0 amide bonds. The van der Waals surface area contributed by atoms with Gasteiger partial charge in [0.05, 0.1) is 18.3 Å². The number of likely N-dealkylation sites (N-methyl/N-ethyl adjacent to an activating group) is 1. The van der Waals surface area contributed by atoms with Crippen molar-refractivity contribution in [2.24, 2.45) is 0 Å². The van der Waals surface area contributed by atoms with Gasteiger partial charge in [-0.15, -0.1) is 0 Å². The Bertz CT molecular complexity index is 420. The number of fused-ring (bicyclic) bond motifs is 1. The first kappa shape index (κ1) is 9.18. The van der Waals surface area contributed by atoms with E-state index in [0.29, 0.717) is 0 Å². The largest absolute Gasteiger partial charge is 0.394 e. The molecular weight excluding hydrogens is 178 g/mol. The van der Waals surface area contributed by atoms with Gasteiger partial charge in [-0.25, -0.2) is 0 Å². The van der Waals surface area contributed by atoms with Gasteiger partial charge < -0.3 is 15.4 Å². The Morgan fingerprint density at radius 2 is 2.43 bits per heavy atom. The molecule has 0 aliphatic heterocycles. The van der Waals surface area contributed by atoms with Crippen LogP contribution in [0.15, 0.2) is 24.5 Å². The van der Waals surface area contributed by atoms with Crippen molar-refractivity contribution in [2.75, 3.05) is 13.7 Å². The number of aliphatic hydroxyl groups is 1. The lowest BCUT2D eigenvalue weighted by Crippen LogP contribution is -2.21. The molecule has 14 heavy (non-hydrogen) atoms. The molecule has 4 heteroatoms. The van der Waals surface area contributed by atoms with Gasteiger partial charge in [-0.3, -0.25) is 4.98 Å². The number of hydrogen-bond donors (Lipinski definition) is 3. The van der Waals surface area contributed by atoms with Crippen molar-refractivity contribution >= 4 is 10.9 Å². The van der Waals surface area contributed by atoms with Gasteiger partial charge in [-0.2, -0.15) is 0 Å². The third-order valence-electron chi connectivity index (χ3n) is 2.37. The summed E-state index contributed by atoms with van der Waals surface area (Å²) in [5.41, 5.74) is 1.93. The van der Waals surface area contributed by atoms with E-state index in [1.54, 1.807) is 6.20 Å². The number of aliphatic hydroxyl groups excluding tert-OH is 1. The van der Waals surface area contributed by atoms with Crippen LogP contribution in [0.3, 0.4) is 0 Å². The van der Waals surface area contributed by atoms with E-state index in [-0.39, 0.29) is 12.6 Å². The van der Waals surface area contributed by atoms with Gasteiger partial charge in [0.2, 0.25) is 0 Å². The van der Waals surface area contributed by atoms with Crippen LogP contribution in [0.1, 0.15) is 11.7 Å². The fraction of sp³-hybridized carbons (Fsp3) is 0.300. The Balaban J connectivity index is 2.54. The summed E-state index contributed by atoms with van der Waals surface area (Å²) in [6.45, 7) is 0.0494. The van der Waals surface area contributed by atoms with Crippen molar-refractivity contribution in [1.82, 2.24) is 15.3 Å². The molecule has 1 atom stereocenters. The van der Waals surface area contributed by atoms with Crippen LogP contribution in [0.2, 0.25) is 0 Å². The van der Waals surface area contributed by atoms with E-state index in [4.69, 9.17) is 5.11 Å². The predicted molar refractivity (Wildman–Crippen MR) is 55.0 cm³/mol. The number of hydrogen-bond acceptors (Lipinski definition) is 3. The Hall–Kier alpha value is -1.39. The molecule has 2 heterocycles. The van der Waals surface area contributed by atoms with Crippen LogP contribution in [-0.4, -0.2) is 28.7 Å². The van der Waals surface area contributed by atoms with E-state index in [1.807, 2.05) is 25.4 Å². The average molecular weight is 191 g/mol. The standard InChI is InChI=1S/C10H13N3O/c1-11-9(6-14)10-7-2-4-12-8(7)3-5-13-10/h2-5,9,11-12,14H,6H2,1H3/t9-/m1/s1. The van der Waals surface area contributed by atoms with Gasteiger partial charge in [-0.1, -0.05) is 0 Å². The lowest BCUT2D eigenvalue weighted by Gasteiger charge is -2.12. The van der Waals surface area contributed by atoms with Gasteiger partial charge >= 0.3 is 0 Å². The Kier molecular flexibility index (Phi) is 2.47. The fourth-order valence-electron chi connectivity index (χ4n) is 1.60. The summed E-state index contributed by atoms with van der Waals surface area (Å²) in [6, 6.07) is 3.79. The molecule has 0 bridgehead atoms. The third kappa shape index (κ3) is 1.38. The van der Waals surface area contributed by atoms with E-state index in [0.717, 1.165) is 16.6 Å². The zero-order chi connectivity index (χ0) is 9.97. The minimum absolute atomic E-state index is 0.0494. The zero-order valence-corrected chi connectivity index (χ0v) is 7.99. The summed E-state index contributed by atoms with van der Waals surface area (Å²) in [5.74, 6) is 0. The fourth-order valence-corrected chi connectivity index (χ4v) is 1.60. The summed E-state index contributed by atoms with van der Waals surface area (Å²) < 4.78 is 0. The number of H-pyrrole nitrogens is 1. The first-order chi connectivity index (χ1) is 6.86. The zero-order valence-electron chi connectivity index (χ0n) is 7.99. The molecule has 0 saturated heterocycles. The van der Waals surface area contributed by atoms with Gasteiger partial charge in [-0.05, 0) is 19.2 Å². The number of aromatic nitrogens is 2. The topological polar surface area (TPSA) is 60.9 Å². The number of rotatable bonds is 3. The second-order valence-electron chi connectivity index (χ2n) is 3.16.